The zero-order chi connectivity index (χ0) is 46.2. The van der Waals surface area contributed by atoms with Gasteiger partial charge in [0.15, 0.2) is 0 Å². The maximum Gasteiger partial charge on any atom is 0.692 e. The molecule has 2 aliphatic heterocycles. The highest BCUT2D eigenvalue weighted by Gasteiger charge is 2.24. The summed E-state index contributed by atoms with van der Waals surface area (Å²) in [7, 11) is -11.5. The van der Waals surface area contributed by atoms with E-state index in [2.05, 4.69) is 180 Å². The molecule has 7 aromatic rings. The molecule has 0 aliphatic carbocycles. The number of nitrogens with zero attached hydrogens (tertiary/aromatic N) is 2. The number of aromatic nitrogens is 4. The van der Waals surface area contributed by atoms with Crippen molar-refractivity contribution in [3.8, 4) is 33.4 Å². The fourth-order valence-corrected chi connectivity index (χ4v) is 6.78. The van der Waals surface area contributed by atoms with Crippen LogP contribution in [0.1, 0.15) is 28.3 Å². The lowest BCUT2D eigenvalue weighted by Gasteiger charge is -2.12. The number of fused-ring (bicyclic) bond motifs is 8. The van der Waals surface area contributed by atoms with E-state index in [0.29, 0.717) is 0 Å². The number of aromatic amines is 2. The van der Waals surface area contributed by atoms with Crippen LogP contribution in [0.25, 0.3) is 79.2 Å². The fourth-order valence-electron chi connectivity index (χ4n) is 6.78. The van der Waals surface area contributed by atoms with Crippen molar-refractivity contribution in [2.75, 3.05) is 0 Å². The van der Waals surface area contributed by atoms with Crippen molar-refractivity contribution in [3.63, 3.8) is 0 Å². The van der Waals surface area contributed by atoms with Crippen LogP contribution in [0.2, 0.25) is 0 Å². The average Bonchev–Trinajstić information content (AvgIpc) is 4.06. The van der Waals surface area contributed by atoms with Crippen LogP contribution in [0.5, 0.6) is 0 Å². The molecule has 64 heavy (non-hydrogen) atoms. The Hall–Kier alpha value is -6.44. The molecule has 20 heteroatoms. The molecule has 4 aromatic carbocycles. The van der Waals surface area contributed by atoms with Crippen molar-refractivity contribution < 1.29 is 57.4 Å². The summed E-state index contributed by atoms with van der Waals surface area (Å²) in [4.78, 5) is 74.9. The van der Waals surface area contributed by atoms with Gasteiger partial charge in [-0.1, -0.05) is 121 Å². The minimum Gasteiger partial charge on any atom is -0.355 e. The van der Waals surface area contributed by atoms with Gasteiger partial charge < -0.3 is 9.97 Å². The summed E-state index contributed by atoms with van der Waals surface area (Å²) in [6.07, 6.45) is 6.35. The fraction of sp³-hybridized carbons (Fsp3) is 0. The molecule has 16 nitrogen and oxygen atoms in total. The van der Waals surface area contributed by atoms with Gasteiger partial charge in [-0.25, -0.2) is 9.97 Å². The van der Waals surface area contributed by atoms with Gasteiger partial charge >= 0.3 is 33.0 Å². The second-order valence-corrected chi connectivity index (χ2v) is 15.1. The molecule has 10 N–H and O–H groups in total. The maximum atomic E-state index is 8.70. The highest BCUT2D eigenvalue weighted by Crippen LogP contribution is 2.45. The zero-order valence-corrected chi connectivity index (χ0v) is 36.6. The van der Waals surface area contributed by atoms with Gasteiger partial charge in [0.2, 0.25) is 0 Å². The highest BCUT2D eigenvalue weighted by molar-refractivity contribution is 7.31. The zero-order valence-electron chi connectivity index (χ0n) is 33.1. The first-order valence-electron chi connectivity index (χ1n) is 18.5. The Morgan fingerprint density at radius 1 is 0.391 bits per heavy atom. The third-order valence-electron chi connectivity index (χ3n) is 8.89. The molecule has 9 rings (SSSR count). The first-order valence-corrected chi connectivity index (χ1v) is 23.2. The molecule has 0 atom stereocenters. The minimum atomic E-state index is -2.87. The average molecular weight is 939 g/mol. The first-order chi connectivity index (χ1) is 30.7. The van der Waals surface area contributed by atoms with Gasteiger partial charge in [-0.2, -0.15) is 0 Å². The van der Waals surface area contributed by atoms with Gasteiger partial charge in [0, 0.05) is 57.1 Å². The second kappa shape index (κ2) is 23.9. The number of H-pyrrole nitrogens is 2. The van der Waals surface area contributed by atoms with Gasteiger partial charge in [-0.3, -0.25) is 0 Å². The van der Waals surface area contributed by atoms with Gasteiger partial charge in [0.05, 0.1) is 28.3 Å². The van der Waals surface area contributed by atoms with Crippen molar-refractivity contribution in [1.29, 1.82) is 0 Å². The van der Waals surface area contributed by atoms with Crippen LogP contribution < -0.4 is 0 Å². The molecule has 0 spiro atoms. The van der Waals surface area contributed by atoms with E-state index in [1.165, 1.54) is 0 Å². The summed E-state index contributed by atoms with van der Waals surface area (Å²) in [5, 5.41) is 0. The minimum absolute atomic E-state index is 0.884. The number of hydrogen-bond donors (Lipinski definition) is 10. The Balaban J connectivity index is 0.000000419. The summed E-state index contributed by atoms with van der Waals surface area (Å²) < 4.78 is 34.8. The standard InChI is InChI=1S/C44H30N4.4HO3P/c1-5-13-29(14-6-1)38-27-37-26-35-22-21-33(45-35)25-34-23-24-36(46-34)28-39-40(30-15-7-2-8-16-30)41(31-17-9-3-10-18-31)44(48-39)42(43(38)47-37)32-19-11-4-12-20-32;4*1-4(2)3/h1-28,45,48H;4*(H-,1,2,3)/p+4. The normalized spacial score (nSPS) is 10.8. The number of benzene rings is 4. The van der Waals surface area contributed by atoms with Crippen molar-refractivity contribution >= 4 is 78.9 Å². The molecule has 0 amide bonds. The maximum absolute atomic E-state index is 8.70. The Morgan fingerprint density at radius 3 is 1.22 bits per heavy atom. The van der Waals surface area contributed by atoms with Crippen LogP contribution in [0.3, 0.4) is 0 Å². The molecule has 3 aromatic heterocycles. The lowest BCUT2D eigenvalue weighted by atomic mass is 9.91. The number of hydrogen-bond acceptors (Lipinski definition) is 6. The summed E-state index contributed by atoms with van der Waals surface area (Å²) in [6.45, 7) is 0. The first kappa shape index (κ1) is 48.6. The van der Waals surface area contributed by atoms with E-state index in [1.807, 2.05) is 0 Å². The van der Waals surface area contributed by atoms with Crippen LogP contribution in [-0.4, -0.2) is 59.1 Å². The van der Waals surface area contributed by atoms with Gasteiger partial charge in [0.1, 0.15) is 0 Å². The summed E-state index contributed by atoms with van der Waals surface area (Å²) in [5.41, 5.74) is 16.3. The molecule has 5 heterocycles. The van der Waals surface area contributed by atoms with Crippen LogP contribution in [0.4, 0.5) is 0 Å². The number of rotatable bonds is 4. The smallest absolute Gasteiger partial charge is 0.355 e. The second-order valence-electron chi connectivity index (χ2n) is 13.1. The van der Waals surface area contributed by atoms with Gasteiger partial charge in [-0.15, -0.1) is 39.1 Å². The van der Waals surface area contributed by atoms with E-state index in [1.54, 1.807) is 0 Å². The molecular formula is C44H38N4O12P4+4. The molecule has 322 valence electrons. The van der Waals surface area contributed by atoms with E-state index in [4.69, 9.17) is 67.4 Å². The Morgan fingerprint density at radius 2 is 0.766 bits per heavy atom. The summed E-state index contributed by atoms with van der Waals surface area (Å²) >= 11 is 0. The van der Waals surface area contributed by atoms with Crippen molar-refractivity contribution in [1.82, 2.24) is 19.9 Å². The quantitative estimate of drug-likeness (QED) is 0.0736. The van der Waals surface area contributed by atoms with Crippen LogP contribution in [-0.2, 0) is 18.3 Å². The van der Waals surface area contributed by atoms with Crippen molar-refractivity contribution in [3.05, 3.63) is 180 Å². The molecule has 0 fully saturated rings. The lowest BCUT2D eigenvalue weighted by Crippen LogP contribution is -1.92. The van der Waals surface area contributed by atoms with Crippen LogP contribution in [0.15, 0.2) is 152 Å². The Kier molecular flexibility index (Phi) is 18.1. The van der Waals surface area contributed by atoms with E-state index >= 15 is 0 Å². The third-order valence-corrected chi connectivity index (χ3v) is 8.89. The highest BCUT2D eigenvalue weighted by atomic mass is 31.1. The van der Waals surface area contributed by atoms with Gasteiger partial charge in [0.25, 0.3) is 0 Å². The molecule has 0 unspecified atom stereocenters. The van der Waals surface area contributed by atoms with Gasteiger partial charge in [-0.05, 0) is 70.8 Å². The molecule has 0 saturated carbocycles. The third kappa shape index (κ3) is 14.3. The summed E-state index contributed by atoms with van der Waals surface area (Å²) in [6, 6.07) is 53.0. The van der Waals surface area contributed by atoms with Crippen LogP contribution in [0, 0.1) is 0 Å². The molecular weight excluding hydrogens is 900 g/mol. The lowest BCUT2D eigenvalue weighted by molar-refractivity contribution is 0.403. The largest absolute Gasteiger partial charge is 0.692 e. The molecule has 0 radical (unpaired) electrons. The molecule has 0 saturated heterocycles. The predicted octanol–water partition coefficient (Wildman–Crippen LogP) is 9.59. The summed E-state index contributed by atoms with van der Waals surface area (Å²) in [5.74, 6) is 0. The van der Waals surface area contributed by atoms with E-state index in [9.17, 15) is 0 Å². The Labute approximate surface area is 368 Å². The molecule has 2 aliphatic rings. The number of nitrogens with one attached hydrogen (secondary N) is 2. The topological polar surface area (TPSA) is 287 Å². The monoisotopic (exact) mass is 938 g/mol. The van der Waals surface area contributed by atoms with E-state index in [0.717, 1.165) is 89.4 Å². The molecule has 8 bridgehead atoms. The van der Waals surface area contributed by atoms with E-state index in [-0.39, 0.29) is 0 Å². The SMILES string of the molecule is C1=Cc2cc3[nH]c(c(-c4ccccc4)c4nc(cc5ccc(cc1n2)[nH]5)C=C4c1ccccc1)c(-c1ccccc1)c3-c1ccccc1.O=[P+](O)O.O=[P+](O)O.O=[P+](O)O.O=[P+](O)O. The Bertz CT molecular complexity index is 2940. The van der Waals surface area contributed by atoms with Crippen LogP contribution >= 0.6 is 33.0 Å². The van der Waals surface area contributed by atoms with Crippen molar-refractivity contribution in [2.45, 2.75) is 0 Å². The van der Waals surface area contributed by atoms with Crippen molar-refractivity contribution in [2.24, 2.45) is 0 Å². The van der Waals surface area contributed by atoms with E-state index < -0.39 is 33.0 Å². The predicted molar refractivity (Wildman–Crippen MR) is 248 cm³/mol.